The van der Waals surface area contributed by atoms with Crippen LogP contribution in [0.1, 0.15) is 44.5 Å². The van der Waals surface area contributed by atoms with Crippen molar-refractivity contribution in [3.8, 4) is 16.9 Å². The normalized spacial score (nSPS) is 14.6. The van der Waals surface area contributed by atoms with Gasteiger partial charge in [0.1, 0.15) is 11.8 Å². The summed E-state index contributed by atoms with van der Waals surface area (Å²) in [6, 6.07) is 16.0. The van der Waals surface area contributed by atoms with Gasteiger partial charge in [-0.1, -0.05) is 48.9 Å². The van der Waals surface area contributed by atoms with Crippen molar-refractivity contribution in [2.75, 3.05) is 6.54 Å². The zero-order valence-corrected chi connectivity index (χ0v) is 20.8. The third-order valence-corrected chi connectivity index (χ3v) is 6.00. The first kappa shape index (κ1) is 24.3. The zero-order chi connectivity index (χ0) is 24.5. The first-order chi connectivity index (χ1) is 16.2. The molecule has 7 nitrogen and oxygen atoms in total. The highest BCUT2D eigenvalue weighted by molar-refractivity contribution is 6.30. The van der Waals surface area contributed by atoms with Gasteiger partial charge in [0.2, 0.25) is 0 Å². The lowest BCUT2D eigenvalue weighted by molar-refractivity contribution is -0.00393. The molecule has 180 valence electrons. The number of aromatic nitrogens is 2. The lowest BCUT2D eigenvalue weighted by Crippen LogP contribution is -2.43. The van der Waals surface area contributed by atoms with Crippen LogP contribution in [0, 0.1) is 0 Å². The molecule has 1 amide bonds. The van der Waals surface area contributed by atoms with Crippen molar-refractivity contribution in [1.82, 2.24) is 20.0 Å². The minimum atomic E-state index is -0.865. The SMILES string of the molecule is CCc1ccccc1-n1nc2c(c1-c1ccc(Cl)cc1)CN(C(O)CNC(=O)OC(C)(C)C)C2. The van der Waals surface area contributed by atoms with E-state index in [4.69, 9.17) is 21.4 Å². The van der Waals surface area contributed by atoms with Gasteiger partial charge in [-0.15, -0.1) is 0 Å². The number of aliphatic hydroxyl groups is 1. The number of hydrogen-bond donors (Lipinski definition) is 2. The number of hydrogen-bond acceptors (Lipinski definition) is 5. The van der Waals surface area contributed by atoms with E-state index in [9.17, 15) is 9.90 Å². The van der Waals surface area contributed by atoms with E-state index in [1.54, 1.807) is 20.8 Å². The lowest BCUT2D eigenvalue weighted by atomic mass is 10.1. The summed E-state index contributed by atoms with van der Waals surface area (Å²) in [7, 11) is 0. The molecule has 0 saturated carbocycles. The predicted molar refractivity (Wildman–Crippen MR) is 133 cm³/mol. The molecule has 4 rings (SSSR count). The molecule has 0 fully saturated rings. The first-order valence-electron chi connectivity index (χ1n) is 11.5. The molecule has 2 heterocycles. The Morgan fingerprint density at radius 2 is 1.88 bits per heavy atom. The van der Waals surface area contributed by atoms with Crippen molar-refractivity contribution in [2.24, 2.45) is 0 Å². The zero-order valence-electron chi connectivity index (χ0n) is 20.0. The second-order valence-electron chi connectivity index (χ2n) is 9.44. The molecular weight excluding hydrogens is 452 g/mol. The Kier molecular flexibility index (Phi) is 6.98. The van der Waals surface area contributed by atoms with Crippen molar-refractivity contribution in [3.63, 3.8) is 0 Å². The number of carbonyl (C=O) groups is 1. The van der Waals surface area contributed by atoms with Crippen molar-refractivity contribution in [2.45, 2.75) is 59.0 Å². The summed E-state index contributed by atoms with van der Waals surface area (Å²) in [5.41, 5.74) is 5.62. The Morgan fingerprint density at radius 3 is 2.56 bits per heavy atom. The maximum absolute atomic E-state index is 12.0. The number of rotatable bonds is 6. The van der Waals surface area contributed by atoms with Gasteiger partial charge in [0.25, 0.3) is 0 Å². The Morgan fingerprint density at radius 1 is 1.18 bits per heavy atom. The number of carbonyl (C=O) groups excluding carboxylic acids is 1. The highest BCUT2D eigenvalue weighted by Gasteiger charge is 2.32. The molecular formula is C26H31ClN4O3. The second-order valence-corrected chi connectivity index (χ2v) is 9.88. The molecule has 1 aliphatic heterocycles. The molecule has 2 N–H and O–H groups in total. The van der Waals surface area contributed by atoms with E-state index in [0.717, 1.165) is 34.6 Å². The van der Waals surface area contributed by atoms with E-state index in [1.165, 1.54) is 5.56 Å². The minimum absolute atomic E-state index is 0.0636. The number of benzene rings is 2. The molecule has 34 heavy (non-hydrogen) atoms. The van der Waals surface area contributed by atoms with Gasteiger partial charge in [-0.05, 0) is 51.0 Å². The summed E-state index contributed by atoms with van der Waals surface area (Å²) in [6.07, 6.45) is -0.523. The number of halogens is 1. The highest BCUT2D eigenvalue weighted by atomic mass is 35.5. The number of nitrogens with one attached hydrogen (secondary N) is 1. The third-order valence-electron chi connectivity index (χ3n) is 5.75. The van der Waals surface area contributed by atoms with Gasteiger partial charge >= 0.3 is 6.09 Å². The molecule has 1 aliphatic rings. The molecule has 0 bridgehead atoms. The topological polar surface area (TPSA) is 79.6 Å². The van der Waals surface area contributed by atoms with Crippen LogP contribution in [0.25, 0.3) is 16.9 Å². The van der Waals surface area contributed by atoms with Crippen LogP contribution in [-0.4, -0.2) is 44.3 Å². The van der Waals surface area contributed by atoms with E-state index in [1.807, 2.05) is 46.0 Å². The molecule has 1 unspecified atom stereocenters. The van der Waals surface area contributed by atoms with Crippen LogP contribution < -0.4 is 5.32 Å². The van der Waals surface area contributed by atoms with Gasteiger partial charge in [0.05, 0.1) is 23.6 Å². The summed E-state index contributed by atoms with van der Waals surface area (Å²) < 4.78 is 7.27. The number of amides is 1. The maximum atomic E-state index is 12.0. The van der Waals surface area contributed by atoms with Crippen LogP contribution in [0.5, 0.6) is 0 Å². The number of aliphatic hydroxyl groups excluding tert-OH is 1. The van der Waals surface area contributed by atoms with Gasteiger partial charge in [-0.3, -0.25) is 4.90 Å². The Balaban J connectivity index is 1.61. The predicted octanol–water partition coefficient (Wildman–Crippen LogP) is 4.91. The van der Waals surface area contributed by atoms with Crippen molar-refractivity contribution < 1.29 is 14.6 Å². The number of ether oxygens (including phenoxy) is 1. The quantitative estimate of drug-likeness (QED) is 0.521. The fourth-order valence-electron chi connectivity index (χ4n) is 4.16. The molecule has 8 heteroatoms. The average Bonchev–Trinajstić information content (AvgIpc) is 3.35. The molecule has 3 aromatic rings. The number of nitrogens with zero attached hydrogens (tertiary/aromatic N) is 3. The Bertz CT molecular complexity index is 1170. The monoisotopic (exact) mass is 482 g/mol. The fourth-order valence-corrected chi connectivity index (χ4v) is 4.29. The largest absolute Gasteiger partial charge is 0.444 e. The lowest BCUT2D eigenvalue weighted by Gasteiger charge is -2.25. The van der Waals surface area contributed by atoms with Crippen molar-refractivity contribution in [3.05, 3.63) is 70.4 Å². The van der Waals surface area contributed by atoms with Crippen LogP contribution >= 0.6 is 11.6 Å². The van der Waals surface area contributed by atoms with Crippen LogP contribution in [0.2, 0.25) is 5.02 Å². The number of aryl methyl sites for hydroxylation is 1. The summed E-state index contributed by atoms with van der Waals surface area (Å²) in [4.78, 5) is 13.9. The Labute approximate surface area is 205 Å². The third kappa shape index (κ3) is 5.27. The van der Waals surface area contributed by atoms with Gasteiger partial charge in [0, 0.05) is 29.2 Å². The summed E-state index contributed by atoms with van der Waals surface area (Å²) >= 11 is 6.15. The number of para-hydroxylation sites is 1. The molecule has 0 radical (unpaired) electrons. The van der Waals surface area contributed by atoms with Crippen molar-refractivity contribution >= 4 is 17.7 Å². The van der Waals surface area contributed by atoms with Crippen LogP contribution in [0.15, 0.2) is 48.5 Å². The van der Waals surface area contributed by atoms with Crippen LogP contribution in [-0.2, 0) is 24.2 Å². The van der Waals surface area contributed by atoms with Gasteiger partial charge in [-0.2, -0.15) is 5.10 Å². The van der Waals surface area contributed by atoms with E-state index < -0.39 is 17.9 Å². The average molecular weight is 483 g/mol. The van der Waals surface area contributed by atoms with Gasteiger partial charge in [-0.25, -0.2) is 9.48 Å². The van der Waals surface area contributed by atoms with Gasteiger partial charge < -0.3 is 15.2 Å². The maximum Gasteiger partial charge on any atom is 0.407 e. The number of fused-ring (bicyclic) bond motifs is 1. The number of alkyl carbamates (subject to hydrolysis) is 1. The van der Waals surface area contributed by atoms with E-state index in [0.29, 0.717) is 18.1 Å². The van der Waals surface area contributed by atoms with Crippen molar-refractivity contribution in [1.29, 1.82) is 0 Å². The standard InChI is InChI=1S/C26H31ClN4O3/c1-5-17-8-6-7-9-22(17)31-24(18-10-12-19(27)13-11-18)20-15-30(16-21(20)29-31)23(32)14-28-25(33)34-26(2,3)4/h6-13,23,32H,5,14-16H2,1-4H3,(H,28,33). The highest BCUT2D eigenvalue weighted by Crippen LogP contribution is 2.36. The second kappa shape index (κ2) is 9.78. The first-order valence-corrected chi connectivity index (χ1v) is 11.9. The smallest absolute Gasteiger partial charge is 0.407 e. The summed E-state index contributed by atoms with van der Waals surface area (Å²) in [5, 5.41) is 19.0. The summed E-state index contributed by atoms with van der Waals surface area (Å²) in [6.45, 7) is 8.59. The molecule has 0 spiro atoms. The minimum Gasteiger partial charge on any atom is -0.444 e. The summed E-state index contributed by atoms with van der Waals surface area (Å²) in [5.74, 6) is 0. The molecule has 1 aromatic heterocycles. The molecule has 0 saturated heterocycles. The van der Waals surface area contributed by atoms with Crippen LogP contribution in [0.3, 0.4) is 0 Å². The molecule has 1 atom stereocenters. The molecule has 2 aromatic carbocycles. The van der Waals surface area contributed by atoms with Crippen LogP contribution in [0.4, 0.5) is 4.79 Å². The molecule has 0 aliphatic carbocycles. The van der Waals surface area contributed by atoms with Gasteiger partial charge in [0.15, 0.2) is 0 Å². The van der Waals surface area contributed by atoms with E-state index >= 15 is 0 Å². The van der Waals surface area contributed by atoms with E-state index in [2.05, 4.69) is 24.4 Å². The fraction of sp³-hybridized carbons (Fsp3) is 0.385. The Hall–Kier alpha value is -2.87. The van der Waals surface area contributed by atoms with E-state index in [-0.39, 0.29) is 6.54 Å².